The smallest absolute Gasteiger partial charge is 0.236 e. The molecule has 1 saturated heterocycles. The SMILES string of the molecule is CC(C)c1ccc(C(C(=O)N2CCN(C)CC2)c2ccccn2)cc1. The summed E-state index contributed by atoms with van der Waals surface area (Å²) in [7, 11) is 2.10. The predicted octanol–water partition coefficient (Wildman–Crippen LogP) is 3.11. The Labute approximate surface area is 150 Å². The van der Waals surface area contributed by atoms with Gasteiger partial charge in [0.2, 0.25) is 5.91 Å². The number of nitrogens with zero attached hydrogens (tertiary/aromatic N) is 3. The molecule has 0 spiro atoms. The normalized spacial score (nSPS) is 16.9. The van der Waals surface area contributed by atoms with Crippen LogP contribution in [0.15, 0.2) is 48.7 Å². The maximum atomic E-state index is 13.3. The summed E-state index contributed by atoms with van der Waals surface area (Å²) in [5.74, 6) is 0.311. The maximum absolute atomic E-state index is 13.3. The summed E-state index contributed by atoms with van der Waals surface area (Å²) in [5.41, 5.74) is 3.13. The molecule has 1 aromatic carbocycles. The van der Waals surface area contributed by atoms with Crippen LogP contribution in [0, 0.1) is 0 Å². The zero-order chi connectivity index (χ0) is 17.8. The molecule has 1 atom stereocenters. The van der Waals surface area contributed by atoms with Gasteiger partial charge in [0, 0.05) is 32.4 Å². The van der Waals surface area contributed by atoms with Crippen molar-refractivity contribution < 1.29 is 4.79 Å². The number of likely N-dealkylation sites (N-methyl/N-ethyl adjacent to an activating group) is 1. The number of hydrogen-bond acceptors (Lipinski definition) is 3. The van der Waals surface area contributed by atoms with Crippen LogP contribution in [-0.4, -0.2) is 53.9 Å². The Morgan fingerprint density at radius 3 is 2.16 bits per heavy atom. The third-order valence-corrected chi connectivity index (χ3v) is 4.98. The Morgan fingerprint density at radius 1 is 0.960 bits per heavy atom. The average Bonchev–Trinajstić information content (AvgIpc) is 2.64. The van der Waals surface area contributed by atoms with Gasteiger partial charge < -0.3 is 9.80 Å². The molecule has 1 aromatic heterocycles. The minimum Gasteiger partial charge on any atom is -0.339 e. The van der Waals surface area contributed by atoms with E-state index in [0.29, 0.717) is 5.92 Å². The van der Waals surface area contributed by atoms with Gasteiger partial charge in [0.1, 0.15) is 5.92 Å². The molecule has 25 heavy (non-hydrogen) atoms. The van der Waals surface area contributed by atoms with Crippen molar-refractivity contribution in [3.8, 4) is 0 Å². The molecule has 132 valence electrons. The zero-order valence-corrected chi connectivity index (χ0v) is 15.4. The molecular formula is C21H27N3O. The Morgan fingerprint density at radius 2 is 1.60 bits per heavy atom. The highest BCUT2D eigenvalue weighted by molar-refractivity contribution is 5.86. The molecule has 0 bridgehead atoms. The number of hydrogen-bond donors (Lipinski definition) is 0. The van der Waals surface area contributed by atoms with Crippen molar-refractivity contribution in [3.63, 3.8) is 0 Å². The minimum atomic E-state index is -0.328. The number of carbonyl (C=O) groups is 1. The fraction of sp³-hybridized carbons (Fsp3) is 0.429. The molecule has 2 heterocycles. The van der Waals surface area contributed by atoms with Crippen molar-refractivity contribution in [3.05, 3.63) is 65.5 Å². The molecule has 1 aliphatic heterocycles. The fourth-order valence-electron chi connectivity index (χ4n) is 3.27. The summed E-state index contributed by atoms with van der Waals surface area (Å²) in [5, 5.41) is 0. The van der Waals surface area contributed by atoms with Gasteiger partial charge in [0.15, 0.2) is 0 Å². The Balaban J connectivity index is 1.91. The third-order valence-electron chi connectivity index (χ3n) is 4.98. The molecule has 0 radical (unpaired) electrons. The number of amides is 1. The highest BCUT2D eigenvalue weighted by Crippen LogP contribution is 2.27. The van der Waals surface area contributed by atoms with E-state index in [2.05, 4.69) is 55.0 Å². The van der Waals surface area contributed by atoms with E-state index in [0.717, 1.165) is 37.4 Å². The lowest BCUT2D eigenvalue weighted by molar-refractivity contribution is -0.133. The highest BCUT2D eigenvalue weighted by Gasteiger charge is 2.30. The van der Waals surface area contributed by atoms with E-state index in [1.807, 2.05) is 23.1 Å². The van der Waals surface area contributed by atoms with Gasteiger partial charge in [-0.05, 0) is 36.2 Å². The molecule has 1 fully saturated rings. The van der Waals surface area contributed by atoms with Crippen LogP contribution in [0.4, 0.5) is 0 Å². The van der Waals surface area contributed by atoms with Crippen molar-refractivity contribution in [2.75, 3.05) is 33.2 Å². The van der Waals surface area contributed by atoms with Gasteiger partial charge >= 0.3 is 0 Å². The van der Waals surface area contributed by atoms with E-state index in [-0.39, 0.29) is 11.8 Å². The van der Waals surface area contributed by atoms with E-state index >= 15 is 0 Å². The van der Waals surface area contributed by atoms with Crippen LogP contribution < -0.4 is 0 Å². The molecule has 1 amide bonds. The van der Waals surface area contributed by atoms with Crippen LogP contribution in [0.5, 0.6) is 0 Å². The molecule has 0 aliphatic carbocycles. The van der Waals surface area contributed by atoms with Gasteiger partial charge in [-0.2, -0.15) is 0 Å². The molecule has 4 heteroatoms. The molecule has 0 saturated carbocycles. The second-order valence-electron chi connectivity index (χ2n) is 7.14. The van der Waals surface area contributed by atoms with E-state index < -0.39 is 0 Å². The number of pyridine rings is 1. The van der Waals surface area contributed by atoms with Crippen molar-refractivity contribution in [2.45, 2.75) is 25.7 Å². The first kappa shape index (κ1) is 17.6. The molecule has 3 rings (SSSR count). The van der Waals surface area contributed by atoms with Crippen LogP contribution in [0.3, 0.4) is 0 Å². The lowest BCUT2D eigenvalue weighted by Gasteiger charge is -2.34. The van der Waals surface area contributed by atoms with Crippen LogP contribution in [0.1, 0.15) is 42.5 Å². The minimum absolute atomic E-state index is 0.157. The maximum Gasteiger partial charge on any atom is 0.236 e. The highest BCUT2D eigenvalue weighted by atomic mass is 16.2. The standard InChI is InChI=1S/C21H27N3O/c1-16(2)17-7-9-18(10-8-17)20(19-6-4-5-11-22-19)21(25)24-14-12-23(3)13-15-24/h4-11,16,20H,12-15H2,1-3H3. The first-order valence-electron chi connectivity index (χ1n) is 9.04. The van der Waals surface area contributed by atoms with Gasteiger partial charge in [0.25, 0.3) is 0 Å². The van der Waals surface area contributed by atoms with Crippen molar-refractivity contribution in [1.29, 1.82) is 0 Å². The Kier molecular flexibility index (Phi) is 5.49. The molecule has 1 unspecified atom stereocenters. The summed E-state index contributed by atoms with van der Waals surface area (Å²) in [6, 6.07) is 14.2. The van der Waals surface area contributed by atoms with Crippen LogP contribution in [0.25, 0.3) is 0 Å². The summed E-state index contributed by atoms with van der Waals surface area (Å²) in [4.78, 5) is 22.0. The lowest BCUT2D eigenvalue weighted by atomic mass is 9.91. The number of aromatic nitrogens is 1. The van der Waals surface area contributed by atoms with Gasteiger partial charge in [-0.3, -0.25) is 9.78 Å². The number of piperazine rings is 1. The summed E-state index contributed by atoms with van der Waals surface area (Å²) in [6.07, 6.45) is 1.77. The molecule has 2 aromatic rings. The first-order chi connectivity index (χ1) is 12.1. The Hall–Kier alpha value is -2.20. The monoisotopic (exact) mass is 337 g/mol. The van der Waals surface area contributed by atoms with Crippen molar-refractivity contribution in [1.82, 2.24) is 14.8 Å². The van der Waals surface area contributed by atoms with Crippen molar-refractivity contribution >= 4 is 5.91 Å². The largest absolute Gasteiger partial charge is 0.339 e. The van der Waals surface area contributed by atoms with Crippen LogP contribution in [0.2, 0.25) is 0 Å². The summed E-state index contributed by atoms with van der Waals surface area (Å²) in [6.45, 7) is 7.77. The second kappa shape index (κ2) is 7.79. The number of benzene rings is 1. The van der Waals surface area contributed by atoms with Gasteiger partial charge in [-0.1, -0.05) is 44.2 Å². The summed E-state index contributed by atoms with van der Waals surface area (Å²) >= 11 is 0. The average molecular weight is 337 g/mol. The third kappa shape index (κ3) is 4.07. The Bertz CT molecular complexity index is 689. The fourth-order valence-corrected chi connectivity index (χ4v) is 3.27. The van der Waals surface area contributed by atoms with E-state index in [1.165, 1.54) is 5.56 Å². The lowest BCUT2D eigenvalue weighted by Crippen LogP contribution is -2.48. The number of rotatable bonds is 4. The topological polar surface area (TPSA) is 36.4 Å². The van der Waals surface area contributed by atoms with Gasteiger partial charge in [0.05, 0.1) is 5.69 Å². The zero-order valence-electron chi connectivity index (χ0n) is 15.4. The summed E-state index contributed by atoms with van der Waals surface area (Å²) < 4.78 is 0. The molecule has 0 N–H and O–H groups in total. The number of carbonyl (C=O) groups excluding carboxylic acids is 1. The molecule has 4 nitrogen and oxygen atoms in total. The van der Waals surface area contributed by atoms with E-state index in [9.17, 15) is 4.79 Å². The van der Waals surface area contributed by atoms with Crippen LogP contribution in [-0.2, 0) is 4.79 Å². The van der Waals surface area contributed by atoms with Gasteiger partial charge in [-0.15, -0.1) is 0 Å². The van der Waals surface area contributed by atoms with Crippen molar-refractivity contribution in [2.24, 2.45) is 0 Å². The second-order valence-corrected chi connectivity index (χ2v) is 7.14. The van der Waals surface area contributed by atoms with Crippen LogP contribution >= 0.6 is 0 Å². The first-order valence-corrected chi connectivity index (χ1v) is 9.04. The molecular weight excluding hydrogens is 310 g/mol. The quantitative estimate of drug-likeness (QED) is 0.860. The van der Waals surface area contributed by atoms with E-state index in [4.69, 9.17) is 0 Å². The van der Waals surface area contributed by atoms with Gasteiger partial charge in [-0.25, -0.2) is 0 Å². The predicted molar refractivity (Wildman–Crippen MR) is 101 cm³/mol. The molecule has 1 aliphatic rings. The van der Waals surface area contributed by atoms with E-state index in [1.54, 1.807) is 6.20 Å².